The third-order valence-corrected chi connectivity index (χ3v) is 5.03. The molecule has 1 aromatic heterocycles. The molecule has 0 aliphatic rings. The Bertz CT molecular complexity index is 599. The van der Waals surface area contributed by atoms with Gasteiger partial charge in [0, 0.05) is 0 Å². The van der Waals surface area contributed by atoms with Crippen LogP contribution in [-0.4, -0.2) is 19.6 Å². The number of aromatic hydroxyl groups is 1. The van der Waals surface area contributed by atoms with E-state index in [9.17, 15) is 9.90 Å². The summed E-state index contributed by atoms with van der Waals surface area (Å²) >= 11 is -0.0972. The number of fused-ring (bicyclic) bond motifs is 1. The molecule has 0 bridgehead atoms. The Hall–Kier alpha value is -1.05. The monoisotopic (exact) mass is 296 g/mol. The van der Waals surface area contributed by atoms with Gasteiger partial charge >= 0.3 is 107 Å². The number of unbranched alkanes of at least 4 members (excludes halogenated alkanes) is 1. The fourth-order valence-electron chi connectivity index (χ4n) is 1.91. The van der Waals surface area contributed by atoms with Gasteiger partial charge in [0.25, 0.3) is 0 Å². The summed E-state index contributed by atoms with van der Waals surface area (Å²) < 4.78 is 1.33. The predicted molar refractivity (Wildman–Crippen MR) is 72.2 cm³/mol. The molecule has 0 amide bonds. The maximum atomic E-state index is 12.3. The van der Waals surface area contributed by atoms with Crippen LogP contribution >= 0.6 is 0 Å². The molecule has 0 unspecified atom stereocenters. The van der Waals surface area contributed by atoms with Crippen molar-refractivity contribution in [3.8, 4) is 4.62 Å². The SMILES string of the molecule is CCCCc1c(O)[se]c2ccc(C)cc2c1=O. The van der Waals surface area contributed by atoms with Crippen LogP contribution in [0.4, 0.5) is 0 Å². The summed E-state index contributed by atoms with van der Waals surface area (Å²) in [5.74, 6) is 0. The molecule has 0 fully saturated rings. The van der Waals surface area contributed by atoms with Crippen LogP contribution < -0.4 is 5.43 Å². The van der Waals surface area contributed by atoms with E-state index < -0.39 is 0 Å². The number of hydrogen-bond acceptors (Lipinski definition) is 2. The second-order valence-electron chi connectivity index (χ2n) is 4.32. The van der Waals surface area contributed by atoms with Gasteiger partial charge < -0.3 is 0 Å². The molecule has 0 saturated heterocycles. The van der Waals surface area contributed by atoms with Crippen molar-refractivity contribution in [2.75, 3.05) is 0 Å². The third-order valence-electron chi connectivity index (χ3n) is 2.90. The van der Waals surface area contributed by atoms with E-state index in [0.29, 0.717) is 16.6 Å². The molecular formula is C14H16O2Se. The Balaban J connectivity index is 2.65. The Morgan fingerprint density at radius 3 is 2.82 bits per heavy atom. The first kappa shape index (κ1) is 12.4. The zero-order chi connectivity index (χ0) is 12.4. The molecule has 0 spiro atoms. The van der Waals surface area contributed by atoms with E-state index in [1.165, 1.54) is 0 Å². The van der Waals surface area contributed by atoms with Crippen LogP contribution in [0.2, 0.25) is 0 Å². The van der Waals surface area contributed by atoms with E-state index in [-0.39, 0.29) is 19.9 Å². The molecule has 90 valence electrons. The van der Waals surface area contributed by atoms with E-state index in [0.717, 1.165) is 28.1 Å². The van der Waals surface area contributed by atoms with Crippen LogP contribution in [0.15, 0.2) is 23.0 Å². The molecular weight excluding hydrogens is 279 g/mol. The quantitative estimate of drug-likeness (QED) is 0.884. The Morgan fingerprint density at radius 1 is 1.35 bits per heavy atom. The molecule has 1 aromatic carbocycles. The van der Waals surface area contributed by atoms with Crippen LogP contribution in [0.3, 0.4) is 0 Å². The standard InChI is InChI=1S/C14H16O2Se/c1-3-4-5-10-13(15)11-8-9(2)6-7-12(11)17-14(10)16/h6-8,16H,3-5H2,1-2H3. The molecule has 2 rings (SSSR count). The van der Waals surface area contributed by atoms with Crippen molar-refractivity contribution in [3.05, 3.63) is 39.5 Å². The predicted octanol–water partition coefficient (Wildman–Crippen LogP) is 2.61. The molecule has 3 heteroatoms. The van der Waals surface area contributed by atoms with E-state index in [2.05, 4.69) is 6.92 Å². The van der Waals surface area contributed by atoms with Gasteiger partial charge in [-0.05, 0) is 0 Å². The summed E-state index contributed by atoms with van der Waals surface area (Å²) in [6, 6.07) is 5.91. The second kappa shape index (κ2) is 5.07. The Labute approximate surface area is 107 Å². The average molecular weight is 295 g/mol. The van der Waals surface area contributed by atoms with Crippen molar-refractivity contribution in [1.82, 2.24) is 0 Å². The molecule has 2 aromatic rings. The summed E-state index contributed by atoms with van der Waals surface area (Å²) in [7, 11) is 0. The fourth-order valence-corrected chi connectivity index (χ4v) is 3.85. The Morgan fingerprint density at radius 2 is 2.12 bits per heavy atom. The topological polar surface area (TPSA) is 37.3 Å². The molecule has 2 nitrogen and oxygen atoms in total. The van der Waals surface area contributed by atoms with E-state index in [1.54, 1.807) is 0 Å². The van der Waals surface area contributed by atoms with Gasteiger partial charge in [-0.15, -0.1) is 0 Å². The van der Waals surface area contributed by atoms with Crippen LogP contribution in [0.25, 0.3) is 9.65 Å². The molecule has 0 atom stereocenters. The minimum absolute atomic E-state index is 0.0303. The van der Waals surface area contributed by atoms with Gasteiger partial charge in [0.15, 0.2) is 0 Å². The van der Waals surface area contributed by atoms with Gasteiger partial charge in [0.1, 0.15) is 0 Å². The van der Waals surface area contributed by atoms with Crippen molar-refractivity contribution in [1.29, 1.82) is 0 Å². The summed E-state index contributed by atoms with van der Waals surface area (Å²) in [5.41, 5.74) is 1.77. The van der Waals surface area contributed by atoms with Crippen LogP contribution in [0.1, 0.15) is 30.9 Å². The number of rotatable bonds is 3. The van der Waals surface area contributed by atoms with Gasteiger partial charge in [-0.3, -0.25) is 0 Å². The van der Waals surface area contributed by atoms with Crippen LogP contribution in [0, 0.1) is 6.92 Å². The molecule has 0 saturated carbocycles. The number of hydrogen-bond donors (Lipinski definition) is 1. The van der Waals surface area contributed by atoms with E-state index in [4.69, 9.17) is 0 Å². The average Bonchev–Trinajstić information content (AvgIpc) is 2.30. The normalized spacial score (nSPS) is 10.9. The number of benzene rings is 1. The van der Waals surface area contributed by atoms with Gasteiger partial charge in [0.05, 0.1) is 0 Å². The molecule has 1 heterocycles. The van der Waals surface area contributed by atoms with E-state index in [1.807, 2.05) is 25.1 Å². The van der Waals surface area contributed by atoms with E-state index >= 15 is 0 Å². The van der Waals surface area contributed by atoms with Gasteiger partial charge in [-0.2, -0.15) is 0 Å². The maximum absolute atomic E-state index is 12.3. The minimum atomic E-state index is -0.0972. The number of aryl methyl sites for hydroxylation is 1. The summed E-state index contributed by atoms with van der Waals surface area (Å²) in [5, 5.41) is 10.8. The first-order valence-electron chi connectivity index (χ1n) is 5.88. The molecule has 17 heavy (non-hydrogen) atoms. The fraction of sp³-hybridized carbons (Fsp3) is 0.357. The van der Waals surface area contributed by atoms with Crippen LogP contribution in [0.5, 0.6) is 4.62 Å². The van der Waals surface area contributed by atoms with Gasteiger partial charge in [-0.1, -0.05) is 0 Å². The molecule has 1 N–H and O–H groups in total. The van der Waals surface area contributed by atoms with Crippen molar-refractivity contribution >= 4 is 24.1 Å². The van der Waals surface area contributed by atoms with Crippen molar-refractivity contribution in [2.45, 2.75) is 33.1 Å². The van der Waals surface area contributed by atoms with Crippen molar-refractivity contribution in [2.24, 2.45) is 0 Å². The zero-order valence-electron chi connectivity index (χ0n) is 10.1. The third kappa shape index (κ3) is 2.46. The summed E-state index contributed by atoms with van der Waals surface area (Å²) in [6.07, 6.45) is 2.70. The second-order valence-corrected chi connectivity index (χ2v) is 6.48. The molecule has 0 aliphatic carbocycles. The van der Waals surface area contributed by atoms with Crippen LogP contribution in [-0.2, 0) is 6.42 Å². The first-order valence-corrected chi connectivity index (χ1v) is 7.60. The first-order chi connectivity index (χ1) is 8.13. The van der Waals surface area contributed by atoms with Gasteiger partial charge in [0.2, 0.25) is 0 Å². The molecule has 0 aliphatic heterocycles. The molecule has 0 radical (unpaired) electrons. The van der Waals surface area contributed by atoms with Crippen molar-refractivity contribution in [3.63, 3.8) is 0 Å². The summed E-state index contributed by atoms with van der Waals surface area (Å²) in [4.78, 5) is 12.3. The summed E-state index contributed by atoms with van der Waals surface area (Å²) in [6.45, 7) is 4.08. The zero-order valence-corrected chi connectivity index (χ0v) is 11.8. The Kier molecular flexibility index (Phi) is 3.70. The van der Waals surface area contributed by atoms with Gasteiger partial charge in [-0.25, -0.2) is 0 Å². The van der Waals surface area contributed by atoms with Crippen molar-refractivity contribution < 1.29 is 5.11 Å².